The summed E-state index contributed by atoms with van der Waals surface area (Å²) < 4.78 is 0. The van der Waals surface area contributed by atoms with Crippen LogP contribution in [0.25, 0.3) is 0 Å². The van der Waals surface area contributed by atoms with E-state index in [0.29, 0.717) is 5.56 Å². The van der Waals surface area contributed by atoms with Gasteiger partial charge in [-0.1, -0.05) is 0 Å². The summed E-state index contributed by atoms with van der Waals surface area (Å²) in [5, 5.41) is 15.5. The normalized spacial score (nSPS) is 14.6. The van der Waals surface area contributed by atoms with Crippen LogP contribution in [0.2, 0.25) is 0 Å². The van der Waals surface area contributed by atoms with Crippen LogP contribution in [0.1, 0.15) is 29.6 Å². The number of hydrogen-bond donors (Lipinski definition) is 3. The summed E-state index contributed by atoms with van der Waals surface area (Å²) in [6.45, 7) is 1.96. The molecule has 1 aliphatic carbocycles. The molecule has 0 amide bonds. The summed E-state index contributed by atoms with van der Waals surface area (Å²) >= 11 is 0. The summed E-state index contributed by atoms with van der Waals surface area (Å²) in [5.41, 5.74) is 1.30. The first-order valence-electron chi connectivity index (χ1n) is 6.06. The highest BCUT2D eigenvalue weighted by atomic mass is 16.4. The predicted octanol–water partition coefficient (Wildman–Crippen LogP) is 1.94. The molecule has 17 heavy (non-hydrogen) atoms. The van der Waals surface area contributed by atoms with E-state index >= 15 is 0 Å². The summed E-state index contributed by atoms with van der Waals surface area (Å²) in [6.07, 6.45) is 3.73. The molecule has 0 unspecified atom stereocenters. The number of aromatic carboxylic acids is 1. The molecule has 0 spiro atoms. The van der Waals surface area contributed by atoms with Gasteiger partial charge >= 0.3 is 5.97 Å². The van der Waals surface area contributed by atoms with Crippen LogP contribution >= 0.6 is 0 Å². The van der Waals surface area contributed by atoms with Crippen molar-refractivity contribution in [1.29, 1.82) is 0 Å². The fourth-order valence-electron chi connectivity index (χ4n) is 1.65. The molecule has 4 heteroatoms. The van der Waals surface area contributed by atoms with Gasteiger partial charge in [0.25, 0.3) is 0 Å². The van der Waals surface area contributed by atoms with E-state index in [1.54, 1.807) is 24.3 Å². The van der Waals surface area contributed by atoms with Crippen LogP contribution in [-0.4, -0.2) is 30.2 Å². The second kappa shape index (κ2) is 5.68. The van der Waals surface area contributed by atoms with Crippen molar-refractivity contribution in [3.63, 3.8) is 0 Å². The quantitative estimate of drug-likeness (QED) is 0.631. The molecule has 1 aromatic carbocycles. The Balaban J connectivity index is 1.65. The summed E-state index contributed by atoms with van der Waals surface area (Å²) in [6, 6.07) is 7.61. The number of carboxylic acid groups (broad SMARTS) is 1. The van der Waals surface area contributed by atoms with Gasteiger partial charge in [-0.2, -0.15) is 0 Å². The molecule has 1 aliphatic rings. The van der Waals surface area contributed by atoms with Gasteiger partial charge in [-0.25, -0.2) is 4.79 Å². The van der Waals surface area contributed by atoms with Gasteiger partial charge in [0.05, 0.1) is 5.56 Å². The Morgan fingerprint density at radius 2 is 1.94 bits per heavy atom. The molecule has 4 nitrogen and oxygen atoms in total. The zero-order valence-electron chi connectivity index (χ0n) is 9.78. The maximum Gasteiger partial charge on any atom is 0.335 e. The van der Waals surface area contributed by atoms with E-state index < -0.39 is 5.97 Å². The van der Waals surface area contributed by atoms with Gasteiger partial charge in [0.2, 0.25) is 0 Å². The van der Waals surface area contributed by atoms with Crippen LogP contribution < -0.4 is 10.6 Å². The van der Waals surface area contributed by atoms with Crippen molar-refractivity contribution >= 4 is 11.7 Å². The molecular formula is C13H18N2O2. The van der Waals surface area contributed by atoms with Crippen LogP contribution in [0.5, 0.6) is 0 Å². The van der Waals surface area contributed by atoms with Crippen molar-refractivity contribution in [1.82, 2.24) is 5.32 Å². The lowest BCUT2D eigenvalue weighted by Gasteiger charge is -2.07. The Morgan fingerprint density at radius 1 is 1.24 bits per heavy atom. The molecule has 0 atom stereocenters. The van der Waals surface area contributed by atoms with Crippen LogP contribution in [0.3, 0.4) is 0 Å². The maximum atomic E-state index is 10.7. The highest BCUT2D eigenvalue weighted by Crippen LogP contribution is 2.18. The first kappa shape index (κ1) is 11.9. The smallest absolute Gasteiger partial charge is 0.335 e. The Kier molecular flexibility index (Phi) is 3.98. The number of carbonyl (C=O) groups is 1. The van der Waals surface area contributed by atoms with E-state index in [4.69, 9.17) is 5.11 Å². The second-order valence-corrected chi connectivity index (χ2v) is 4.39. The van der Waals surface area contributed by atoms with E-state index in [9.17, 15) is 4.79 Å². The number of rotatable bonds is 7. The largest absolute Gasteiger partial charge is 0.478 e. The third-order valence-corrected chi connectivity index (χ3v) is 2.82. The van der Waals surface area contributed by atoms with E-state index in [-0.39, 0.29) is 0 Å². The number of benzene rings is 1. The molecule has 0 radical (unpaired) electrons. The highest BCUT2D eigenvalue weighted by Gasteiger charge is 2.19. The fourth-order valence-corrected chi connectivity index (χ4v) is 1.65. The lowest BCUT2D eigenvalue weighted by Crippen LogP contribution is -2.19. The minimum absolute atomic E-state index is 0.325. The molecule has 1 aromatic rings. The average Bonchev–Trinajstić information content (AvgIpc) is 3.13. The average molecular weight is 234 g/mol. The van der Waals surface area contributed by atoms with Gasteiger partial charge in [0.1, 0.15) is 0 Å². The molecule has 1 saturated carbocycles. The molecule has 0 aliphatic heterocycles. The Hall–Kier alpha value is -1.55. The minimum atomic E-state index is -0.884. The van der Waals surface area contributed by atoms with E-state index in [0.717, 1.165) is 31.2 Å². The van der Waals surface area contributed by atoms with Crippen LogP contribution in [0.15, 0.2) is 24.3 Å². The molecular weight excluding hydrogens is 216 g/mol. The van der Waals surface area contributed by atoms with E-state index in [1.807, 2.05) is 0 Å². The van der Waals surface area contributed by atoms with Crippen molar-refractivity contribution < 1.29 is 9.90 Å². The molecule has 0 bridgehead atoms. The van der Waals surface area contributed by atoms with Crippen LogP contribution in [0.4, 0.5) is 5.69 Å². The second-order valence-electron chi connectivity index (χ2n) is 4.39. The first-order chi connectivity index (χ1) is 8.25. The van der Waals surface area contributed by atoms with Gasteiger partial charge in [-0.15, -0.1) is 0 Å². The molecule has 0 saturated heterocycles. The topological polar surface area (TPSA) is 61.4 Å². The van der Waals surface area contributed by atoms with Gasteiger partial charge in [-0.05, 0) is 50.1 Å². The molecule has 92 valence electrons. The molecule has 0 aromatic heterocycles. The lowest BCUT2D eigenvalue weighted by atomic mass is 10.2. The van der Waals surface area contributed by atoms with Crippen molar-refractivity contribution in [3.05, 3.63) is 29.8 Å². The van der Waals surface area contributed by atoms with Gasteiger partial charge in [-0.3, -0.25) is 0 Å². The standard InChI is InChI=1S/C13H18N2O2/c16-13(17)10-2-4-11(5-3-10)14-8-1-9-15-12-6-7-12/h2-5,12,14-15H,1,6-9H2,(H,16,17). The molecule has 1 fully saturated rings. The number of anilines is 1. The van der Waals surface area contributed by atoms with Crippen LogP contribution in [-0.2, 0) is 0 Å². The van der Waals surface area contributed by atoms with Gasteiger partial charge in [0, 0.05) is 18.3 Å². The number of hydrogen-bond acceptors (Lipinski definition) is 3. The van der Waals surface area contributed by atoms with Crippen molar-refractivity contribution in [2.75, 3.05) is 18.4 Å². The SMILES string of the molecule is O=C(O)c1ccc(NCCCNC2CC2)cc1. The van der Waals surface area contributed by atoms with Crippen molar-refractivity contribution in [2.24, 2.45) is 0 Å². The van der Waals surface area contributed by atoms with Crippen molar-refractivity contribution in [2.45, 2.75) is 25.3 Å². The van der Waals surface area contributed by atoms with E-state index in [1.165, 1.54) is 12.8 Å². The monoisotopic (exact) mass is 234 g/mol. The van der Waals surface area contributed by atoms with Crippen molar-refractivity contribution in [3.8, 4) is 0 Å². The summed E-state index contributed by atoms with van der Waals surface area (Å²) in [7, 11) is 0. The number of carboxylic acids is 1. The third-order valence-electron chi connectivity index (χ3n) is 2.82. The summed E-state index contributed by atoms with van der Waals surface area (Å²) in [5.74, 6) is -0.884. The zero-order valence-corrected chi connectivity index (χ0v) is 9.78. The van der Waals surface area contributed by atoms with E-state index in [2.05, 4.69) is 10.6 Å². The minimum Gasteiger partial charge on any atom is -0.478 e. The Bertz CT molecular complexity index is 372. The predicted molar refractivity (Wildman–Crippen MR) is 67.5 cm³/mol. The van der Waals surface area contributed by atoms with Crippen LogP contribution in [0, 0.1) is 0 Å². The Morgan fingerprint density at radius 3 is 2.53 bits per heavy atom. The zero-order chi connectivity index (χ0) is 12.1. The van der Waals surface area contributed by atoms with Gasteiger partial charge < -0.3 is 15.7 Å². The molecule has 2 rings (SSSR count). The fraction of sp³-hybridized carbons (Fsp3) is 0.462. The lowest BCUT2D eigenvalue weighted by molar-refractivity contribution is 0.0697. The van der Waals surface area contributed by atoms with Gasteiger partial charge in [0.15, 0.2) is 0 Å². The third kappa shape index (κ3) is 4.07. The Labute approximate surface area is 101 Å². The first-order valence-corrected chi connectivity index (χ1v) is 6.06. The summed E-state index contributed by atoms with van der Waals surface area (Å²) in [4.78, 5) is 10.7. The molecule has 3 N–H and O–H groups in total. The number of nitrogens with one attached hydrogen (secondary N) is 2. The highest BCUT2D eigenvalue weighted by molar-refractivity contribution is 5.87. The maximum absolute atomic E-state index is 10.7. The molecule has 0 heterocycles.